The normalized spacial score (nSPS) is 11.1. The van der Waals surface area contributed by atoms with Crippen LogP contribution in [0.25, 0.3) is 16.5 Å². The fraction of sp³-hybridized carbons (Fsp3) is 0.267. The van der Waals surface area contributed by atoms with E-state index in [1.165, 1.54) is 6.08 Å². The molecule has 0 spiro atoms. The van der Waals surface area contributed by atoms with Crippen molar-refractivity contribution in [3.63, 3.8) is 0 Å². The van der Waals surface area contributed by atoms with Gasteiger partial charge < -0.3 is 9.47 Å². The van der Waals surface area contributed by atoms with Crippen LogP contribution in [0.1, 0.15) is 18.1 Å². The molecule has 0 atom stereocenters. The monoisotopic (exact) mass is 287 g/mol. The van der Waals surface area contributed by atoms with Crippen LogP contribution in [0.15, 0.2) is 41.2 Å². The van der Waals surface area contributed by atoms with Gasteiger partial charge in [-0.05, 0) is 37.1 Å². The van der Waals surface area contributed by atoms with Crippen molar-refractivity contribution in [1.29, 1.82) is 0 Å². The van der Waals surface area contributed by atoms with Crippen LogP contribution in [0.3, 0.4) is 0 Å². The molecule has 0 aliphatic carbocycles. The largest absolute Gasteiger partial charge is 0.496 e. The molecule has 0 amide bonds. The number of hydrogen-bond acceptors (Lipinski definition) is 4. The van der Waals surface area contributed by atoms with Crippen LogP contribution in [0.4, 0.5) is 0 Å². The lowest BCUT2D eigenvalue weighted by Gasteiger charge is -2.07. The van der Waals surface area contributed by atoms with E-state index >= 15 is 0 Å². The molecule has 1 rings (SSSR count). The summed E-state index contributed by atoms with van der Waals surface area (Å²) >= 11 is 0. The summed E-state index contributed by atoms with van der Waals surface area (Å²) in [4.78, 5) is 14.2. The number of aryl methyl sites for hydroxylation is 1. The smallest absolute Gasteiger partial charge is 0.340 e. The first-order valence-electron chi connectivity index (χ1n) is 6.38. The first kappa shape index (κ1) is 16.3. The average Bonchev–Trinajstić information content (AvgIpc) is 2.48. The molecule has 0 bridgehead atoms. The molecule has 0 fully saturated rings. The predicted molar refractivity (Wildman–Crippen MR) is 80.6 cm³/mol. The molecule has 6 nitrogen and oxygen atoms in total. The van der Waals surface area contributed by atoms with Crippen molar-refractivity contribution in [3.05, 3.63) is 57.6 Å². The van der Waals surface area contributed by atoms with Crippen LogP contribution in [0.2, 0.25) is 0 Å². The second-order valence-corrected chi connectivity index (χ2v) is 4.01. The highest BCUT2D eigenvalue weighted by atomic mass is 16.5. The van der Waals surface area contributed by atoms with Crippen molar-refractivity contribution >= 4 is 12.0 Å². The highest BCUT2D eigenvalue weighted by Gasteiger charge is 2.07. The fourth-order valence-corrected chi connectivity index (χ4v) is 1.68. The summed E-state index contributed by atoms with van der Waals surface area (Å²) in [5, 5.41) is 3.32. The number of esters is 1. The standard InChI is InChI=1S/C15H17N3O3/c1-4-21-15(19)13(17-18-16)9-6-8-12-11(2)7-5-10-14(12)20-3/h5-10H,4H2,1-3H3/b8-6+,13-9-. The quantitative estimate of drug-likeness (QED) is 0.199. The highest BCUT2D eigenvalue weighted by Crippen LogP contribution is 2.23. The van der Waals surface area contributed by atoms with Crippen molar-refractivity contribution in [2.45, 2.75) is 13.8 Å². The number of ether oxygens (including phenoxy) is 2. The van der Waals surface area contributed by atoms with Gasteiger partial charge in [0.25, 0.3) is 0 Å². The van der Waals surface area contributed by atoms with Gasteiger partial charge in [-0.3, -0.25) is 0 Å². The fourth-order valence-electron chi connectivity index (χ4n) is 1.68. The summed E-state index contributed by atoms with van der Waals surface area (Å²) in [5.41, 5.74) is 10.3. The third-order valence-corrected chi connectivity index (χ3v) is 2.66. The summed E-state index contributed by atoms with van der Waals surface area (Å²) in [7, 11) is 1.59. The van der Waals surface area contributed by atoms with Gasteiger partial charge in [-0.2, -0.15) is 0 Å². The summed E-state index contributed by atoms with van der Waals surface area (Å²) in [6.07, 6.45) is 4.80. The summed E-state index contributed by atoms with van der Waals surface area (Å²) in [6, 6.07) is 5.69. The molecule has 0 saturated heterocycles. The van der Waals surface area contributed by atoms with Crippen molar-refractivity contribution in [3.8, 4) is 5.75 Å². The summed E-state index contributed by atoms with van der Waals surface area (Å²) in [5.74, 6) is 0.0674. The maximum absolute atomic E-state index is 11.6. The molecule has 21 heavy (non-hydrogen) atoms. The van der Waals surface area contributed by atoms with Crippen molar-refractivity contribution in [2.24, 2.45) is 5.11 Å². The Kier molecular flexibility index (Phi) is 6.57. The Morgan fingerprint density at radius 3 is 2.86 bits per heavy atom. The second kappa shape index (κ2) is 8.45. The van der Waals surface area contributed by atoms with E-state index in [0.717, 1.165) is 16.9 Å². The van der Waals surface area contributed by atoms with Crippen LogP contribution in [-0.2, 0) is 9.53 Å². The van der Waals surface area contributed by atoms with E-state index in [1.54, 1.807) is 26.2 Å². The Labute approximate surface area is 123 Å². The van der Waals surface area contributed by atoms with Crippen molar-refractivity contribution in [2.75, 3.05) is 13.7 Å². The Morgan fingerprint density at radius 1 is 1.48 bits per heavy atom. The molecule has 0 aliphatic heterocycles. The summed E-state index contributed by atoms with van der Waals surface area (Å²) in [6.45, 7) is 3.84. The molecule has 1 aromatic carbocycles. The minimum Gasteiger partial charge on any atom is -0.496 e. The lowest BCUT2D eigenvalue weighted by Crippen LogP contribution is -2.05. The zero-order chi connectivity index (χ0) is 15.7. The number of azide groups is 1. The number of carbonyl (C=O) groups excluding carboxylic acids is 1. The molecule has 1 aromatic rings. The van der Waals surface area contributed by atoms with Crippen molar-refractivity contribution < 1.29 is 14.3 Å². The van der Waals surface area contributed by atoms with E-state index in [1.807, 2.05) is 25.1 Å². The van der Waals surface area contributed by atoms with Gasteiger partial charge in [0.05, 0.1) is 13.7 Å². The molecule has 0 heterocycles. The summed E-state index contributed by atoms with van der Waals surface area (Å²) < 4.78 is 10.1. The average molecular weight is 287 g/mol. The van der Waals surface area contributed by atoms with Gasteiger partial charge in [0.2, 0.25) is 0 Å². The molecule has 6 heteroatoms. The Balaban J connectivity index is 3.05. The molecule has 0 saturated carbocycles. The van der Waals surface area contributed by atoms with Crippen LogP contribution in [-0.4, -0.2) is 19.7 Å². The number of nitrogens with zero attached hydrogens (tertiary/aromatic N) is 3. The Hall–Kier alpha value is -2.72. The third kappa shape index (κ3) is 4.71. The van der Waals surface area contributed by atoms with Gasteiger partial charge in [-0.1, -0.05) is 29.4 Å². The Morgan fingerprint density at radius 2 is 2.24 bits per heavy atom. The Bertz CT molecular complexity index is 615. The number of allylic oxidation sites excluding steroid dienone is 2. The van der Waals surface area contributed by atoms with Gasteiger partial charge in [-0.15, -0.1) is 0 Å². The first-order chi connectivity index (χ1) is 10.1. The van der Waals surface area contributed by atoms with Crippen molar-refractivity contribution in [1.82, 2.24) is 0 Å². The molecule has 0 radical (unpaired) electrons. The van der Waals surface area contributed by atoms with E-state index in [2.05, 4.69) is 10.0 Å². The SMILES string of the molecule is CCOC(=O)/C(=C/C=C/c1c(C)cccc1OC)N=[N+]=[N-]. The molecule has 0 unspecified atom stereocenters. The third-order valence-electron chi connectivity index (χ3n) is 2.66. The zero-order valence-corrected chi connectivity index (χ0v) is 12.2. The zero-order valence-electron chi connectivity index (χ0n) is 12.2. The molecular formula is C15H17N3O3. The number of benzene rings is 1. The van der Waals surface area contributed by atoms with Crippen LogP contribution in [0.5, 0.6) is 5.75 Å². The number of methoxy groups -OCH3 is 1. The molecule has 0 aromatic heterocycles. The minimum absolute atomic E-state index is 0.0943. The second-order valence-electron chi connectivity index (χ2n) is 4.01. The lowest BCUT2D eigenvalue weighted by molar-refractivity contribution is -0.138. The van der Waals surface area contributed by atoms with Gasteiger partial charge in [0, 0.05) is 10.5 Å². The minimum atomic E-state index is -0.656. The van der Waals surface area contributed by atoms with E-state index < -0.39 is 5.97 Å². The first-order valence-corrected chi connectivity index (χ1v) is 6.38. The van der Waals surface area contributed by atoms with Gasteiger partial charge >= 0.3 is 5.97 Å². The number of hydrogen-bond donors (Lipinski definition) is 0. The maximum atomic E-state index is 11.6. The van der Waals surface area contributed by atoms with Gasteiger partial charge in [-0.25, -0.2) is 4.79 Å². The number of rotatable bonds is 6. The molecule has 0 N–H and O–H groups in total. The maximum Gasteiger partial charge on any atom is 0.340 e. The van der Waals surface area contributed by atoms with E-state index in [0.29, 0.717) is 0 Å². The topological polar surface area (TPSA) is 84.3 Å². The predicted octanol–water partition coefficient (Wildman–Crippen LogP) is 3.77. The van der Waals surface area contributed by atoms with Crippen LogP contribution < -0.4 is 4.74 Å². The van der Waals surface area contributed by atoms with Gasteiger partial charge in [0.1, 0.15) is 11.4 Å². The van der Waals surface area contributed by atoms with E-state index in [-0.39, 0.29) is 12.3 Å². The molecule has 110 valence electrons. The lowest BCUT2D eigenvalue weighted by atomic mass is 10.1. The van der Waals surface area contributed by atoms with E-state index in [9.17, 15) is 4.79 Å². The van der Waals surface area contributed by atoms with E-state index in [4.69, 9.17) is 15.0 Å². The van der Waals surface area contributed by atoms with Crippen LogP contribution >= 0.6 is 0 Å². The molecule has 0 aliphatic rings. The van der Waals surface area contributed by atoms with Gasteiger partial charge in [0.15, 0.2) is 0 Å². The number of carbonyl (C=O) groups is 1. The highest BCUT2D eigenvalue weighted by molar-refractivity contribution is 5.88. The molecular weight excluding hydrogens is 270 g/mol. The van der Waals surface area contributed by atoms with Crippen LogP contribution in [0, 0.1) is 6.92 Å².